The highest BCUT2D eigenvalue weighted by Gasteiger charge is 2.02. The molecule has 0 amide bonds. The number of halogens is 2. The lowest BCUT2D eigenvalue weighted by Crippen LogP contribution is -1.87. The zero-order valence-corrected chi connectivity index (χ0v) is 5.85. The molecule has 0 aliphatic heterocycles. The van der Waals surface area contributed by atoms with Crippen LogP contribution in [0.25, 0.3) is 0 Å². The van der Waals surface area contributed by atoms with Crippen molar-refractivity contribution in [1.82, 2.24) is 0 Å². The van der Waals surface area contributed by atoms with Crippen LogP contribution in [0.1, 0.15) is 11.9 Å². The van der Waals surface area contributed by atoms with Crippen molar-refractivity contribution in [2.24, 2.45) is 0 Å². The Bertz CT molecular complexity index is 225. The topological polar surface area (TPSA) is 20.2 Å². The van der Waals surface area contributed by atoms with Crippen LogP contribution in [-0.4, -0.2) is 5.11 Å². The second kappa shape index (κ2) is 2.99. The molecule has 0 saturated heterocycles. The molecule has 1 atom stereocenters. The molecule has 10 heavy (non-hydrogen) atoms. The Kier molecular flexibility index (Phi) is 2.25. The number of rotatable bonds is 1. The van der Waals surface area contributed by atoms with E-state index in [1.807, 2.05) is 0 Å². The lowest BCUT2D eigenvalue weighted by Gasteiger charge is -1.99. The fourth-order valence-corrected chi connectivity index (χ4v) is 0.853. The summed E-state index contributed by atoms with van der Waals surface area (Å²) in [6.45, 7) is 0. The Morgan fingerprint density at radius 3 is 2.60 bits per heavy atom. The Balaban J connectivity index is 2.96. The van der Waals surface area contributed by atoms with Crippen LogP contribution in [0.3, 0.4) is 0 Å². The summed E-state index contributed by atoms with van der Waals surface area (Å²) in [6, 6.07) is 6.05. The Morgan fingerprint density at radius 1 is 1.50 bits per heavy atom. The van der Waals surface area contributed by atoms with Gasteiger partial charge in [0.05, 0.1) is 0 Å². The van der Waals surface area contributed by atoms with E-state index >= 15 is 0 Å². The van der Waals surface area contributed by atoms with Crippen LogP contribution in [0, 0.1) is 0 Å². The largest absolute Gasteiger partial charge is 0.360 e. The number of hydrogen-bond acceptors (Lipinski definition) is 1. The summed E-state index contributed by atoms with van der Waals surface area (Å²) in [4.78, 5) is 0. The van der Waals surface area contributed by atoms with Gasteiger partial charge >= 0.3 is 0 Å². The first-order valence-corrected chi connectivity index (χ1v) is 3.15. The van der Waals surface area contributed by atoms with E-state index in [0.29, 0.717) is 5.02 Å². The van der Waals surface area contributed by atoms with Gasteiger partial charge in [0.2, 0.25) is 6.36 Å². The average molecular weight is 161 g/mol. The van der Waals surface area contributed by atoms with E-state index in [2.05, 4.69) is 0 Å². The molecule has 0 fully saturated rings. The van der Waals surface area contributed by atoms with Gasteiger partial charge in [-0.15, -0.1) is 0 Å². The highest BCUT2D eigenvalue weighted by atomic mass is 35.5. The highest BCUT2D eigenvalue weighted by molar-refractivity contribution is 6.30. The summed E-state index contributed by atoms with van der Waals surface area (Å²) in [5.74, 6) is 0. The normalized spacial score (nSPS) is 13.1. The molecule has 0 radical (unpaired) electrons. The molecular formula is C7H6ClFO. The molecule has 54 valence electrons. The smallest absolute Gasteiger partial charge is 0.222 e. The molecule has 0 bridgehead atoms. The third-order valence-electron chi connectivity index (χ3n) is 1.12. The molecule has 1 aromatic rings. The molecule has 1 unspecified atom stereocenters. The molecule has 0 saturated carbocycles. The van der Waals surface area contributed by atoms with Gasteiger partial charge in [0, 0.05) is 10.6 Å². The second-order valence-corrected chi connectivity index (χ2v) is 2.33. The fourth-order valence-electron chi connectivity index (χ4n) is 0.655. The van der Waals surface area contributed by atoms with Gasteiger partial charge in [0.25, 0.3) is 0 Å². The maximum absolute atomic E-state index is 12.1. The Hall–Kier alpha value is -0.600. The predicted molar refractivity (Wildman–Crippen MR) is 37.5 cm³/mol. The van der Waals surface area contributed by atoms with Crippen LogP contribution in [-0.2, 0) is 0 Å². The van der Waals surface area contributed by atoms with E-state index < -0.39 is 6.36 Å². The highest BCUT2D eigenvalue weighted by Crippen LogP contribution is 2.17. The van der Waals surface area contributed by atoms with Crippen LogP contribution >= 0.6 is 11.6 Å². The van der Waals surface area contributed by atoms with E-state index in [0.717, 1.165) is 0 Å². The number of hydrogen-bond donors (Lipinski definition) is 1. The van der Waals surface area contributed by atoms with Crippen molar-refractivity contribution in [2.45, 2.75) is 6.36 Å². The molecule has 0 aliphatic rings. The van der Waals surface area contributed by atoms with Crippen LogP contribution in [0.15, 0.2) is 24.3 Å². The van der Waals surface area contributed by atoms with Crippen molar-refractivity contribution in [2.75, 3.05) is 0 Å². The standard InChI is InChI=1S/C7H6ClFO/c8-6-3-1-2-5(4-6)7(9)10/h1-4,7,10H. The first kappa shape index (κ1) is 7.51. The molecule has 3 heteroatoms. The van der Waals surface area contributed by atoms with Crippen molar-refractivity contribution >= 4 is 11.6 Å². The summed E-state index contributed by atoms with van der Waals surface area (Å²) in [5, 5.41) is 8.85. The summed E-state index contributed by atoms with van der Waals surface area (Å²) in [5.41, 5.74) is 0.188. The van der Waals surface area contributed by atoms with Gasteiger partial charge in [0.15, 0.2) is 0 Å². The maximum atomic E-state index is 12.1. The van der Waals surface area contributed by atoms with Crippen LogP contribution in [0.2, 0.25) is 5.02 Å². The summed E-state index contributed by atoms with van der Waals surface area (Å²) in [6.07, 6.45) is -1.93. The zero-order chi connectivity index (χ0) is 7.56. The minimum absolute atomic E-state index is 0.188. The summed E-state index contributed by atoms with van der Waals surface area (Å²) < 4.78 is 12.1. The first-order chi connectivity index (χ1) is 4.70. The number of benzene rings is 1. The van der Waals surface area contributed by atoms with Gasteiger partial charge in [-0.2, -0.15) is 0 Å². The van der Waals surface area contributed by atoms with E-state index in [1.54, 1.807) is 12.1 Å². The van der Waals surface area contributed by atoms with Crippen LogP contribution in [0.5, 0.6) is 0 Å². The molecule has 1 N–H and O–H groups in total. The molecule has 1 nitrogen and oxygen atoms in total. The van der Waals surface area contributed by atoms with Crippen molar-refractivity contribution in [1.29, 1.82) is 0 Å². The van der Waals surface area contributed by atoms with Crippen molar-refractivity contribution in [3.05, 3.63) is 34.9 Å². The lowest BCUT2D eigenvalue weighted by atomic mass is 10.2. The van der Waals surface area contributed by atoms with E-state index in [1.165, 1.54) is 12.1 Å². The summed E-state index contributed by atoms with van der Waals surface area (Å²) in [7, 11) is 0. The Morgan fingerprint density at radius 2 is 2.20 bits per heavy atom. The average Bonchev–Trinajstić information content (AvgIpc) is 1.88. The van der Waals surface area contributed by atoms with Crippen molar-refractivity contribution < 1.29 is 9.50 Å². The Labute approximate surface area is 63.1 Å². The maximum Gasteiger partial charge on any atom is 0.222 e. The fraction of sp³-hybridized carbons (Fsp3) is 0.143. The van der Waals surface area contributed by atoms with E-state index in [-0.39, 0.29) is 5.56 Å². The van der Waals surface area contributed by atoms with Gasteiger partial charge in [-0.1, -0.05) is 23.7 Å². The van der Waals surface area contributed by atoms with Gasteiger partial charge in [-0.05, 0) is 12.1 Å². The minimum atomic E-state index is -1.93. The monoisotopic (exact) mass is 160 g/mol. The molecule has 0 aliphatic carbocycles. The SMILES string of the molecule is OC(F)c1cccc(Cl)c1. The lowest BCUT2D eigenvalue weighted by molar-refractivity contribution is 0.0411. The second-order valence-electron chi connectivity index (χ2n) is 1.89. The number of alkyl halides is 1. The quantitative estimate of drug-likeness (QED) is 0.669. The van der Waals surface area contributed by atoms with Gasteiger partial charge < -0.3 is 5.11 Å². The first-order valence-electron chi connectivity index (χ1n) is 2.78. The third-order valence-corrected chi connectivity index (χ3v) is 1.36. The number of aliphatic hydroxyl groups excluding tert-OH is 1. The predicted octanol–water partition coefficient (Wildman–Crippen LogP) is 2.30. The molecule has 1 rings (SSSR count). The molecule has 0 aromatic heterocycles. The van der Waals surface area contributed by atoms with Crippen molar-refractivity contribution in [3.63, 3.8) is 0 Å². The molecule has 0 heterocycles. The van der Waals surface area contributed by atoms with Crippen molar-refractivity contribution in [3.8, 4) is 0 Å². The van der Waals surface area contributed by atoms with Crippen LogP contribution < -0.4 is 0 Å². The minimum Gasteiger partial charge on any atom is -0.360 e. The van der Waals surface area contributed by atoms with Crippen LogP contribution in [0.4, 0.5) is 4.39 Å². The van der Waals surface area contributed by atoms with Gasteiger partial charge in [-0.3, -0.25) is 0 Å². The number of aliphatic hydroxyl groups is 1. The molecule has 1 aromatic carbocycles. The summed E-state index contributed by atoms with van der Waals surface area (Å²) >= 11 is 5.51. The van der Waals surface area contributed by atoms with Gasteiger partial charge in [-0.25, -0.2) is 4.39 Å². The van der Waals surface area contributed by atoms with E-state index in [4.69, 9.17) is 16.7 Å². The van der Waals surface area contributed by atoms with E-state index in [9.17, 15) is 4.39 Å². The molecular weight excluding hydrogens is 155 g/mol. The molecule has 0 spiro atoms. The zero-order valence-electron chi connectivity index (χ0n) is 5.09. The third kappa shape index (κ3) is 1.69. The van der Waals surface area contributed by atoms with Gasteiger partial charge in [0.1, 0.15) is 0 Å².